The van der Waals surface area contributed by atoms with E-state index in [1.165, 1.54) is 32.6 Å². The summed E-state index contributed by atoms with van der Waals surface area (Å²) in [6, 6.07) is 152. The molecule has 0 bridgehead atoms. The summed E-state index contributed by atoms with van der Waals surface area (Å²) in [5.74, 6) is 3.58. The lowest BCUT2D eigenvalue weighted by Crippen LogP contribution is -2.01. The zero-order valence-electron chi connectivity index (χ0n) is 66.9. The fraction of sp³-hybridized carbons (Fsp3) is 0. The summed E-state index contributed by atoms with van der Waals surface area (Å²) >= 11 is 0. The van der Waals surface area contributed by atoms with E-state index in [9.17, 15) is 0 Å². The Kier molecular flexibility index (Phi) is 17.9. The van der Waals surface area contributed by atoms with Gasteiger partial charge < -0.3 is 9.13 Å². The number of pyridine rings is 2. The molecule has 0 atom stereocenters. The van der Waals surface area contributed by atoms with E-state index >= 15 is 0 Å². The number of aromatic nitrogens is 12. The largest absolute Gasteiger partial charge is 0.309 e. The van der Waals surface area contributed by atoms with Gasteiger partial charge in [0.25, 0.3) is 0 Å². The highest BCUT2D eigenvalue weighted by atomic mass is 15.2. The molecule has 0 spiro atoms. The Morgan fingerprint density at radius 3 is 0.806 bits per heavy atom. The Bertz CT molecular complexity index is 8100. The number of nitrogens with zero attached hydrogens (tertiary/aromatic N) is 12. The van der Waals surface area contributed by atoms with Gasteiger partial charge in [-0.25, -0.2) is 38.9 Å². The highest BCUT2D eigenvalue weighted by Crippen LogP contribution is 2.46. The van der Waals surface area contributed by atoms with Crippen molar-refractivity contribution in [2.24, 2.45) is 0 Å². The van der Waals surface area contributed by atoms with E-state index in [-0.39, 0.29) is 0 Å². The maximum atomic E-state index is 5.49. The van der Waals surface area contributed by atoms with Gasteiger partial charge in [0, 0.05) is 110 Å². The van der Waals surface area contributed by atoms with Gasteiger partial charge in [0.05, 0.1) is 44.5 Å². The Morgan fingerprint density at radius 1 is 0.169 bits per heavy atom. The van der Waals surface area contributed by atoms with Crippen molar-refractivity contribution in [3.05, 3.63) is 437 Å². The van der Waals surface area contributed by atoms with Crippen molar-refractivity contribution in [2.45, 2.75) is 0 Å². The third-order valence-corrected chi connectivity index (χ3v) is 23.5. The van der Waals surface area contributed by atoms with Crippen molar-refractivity contribution in [3.63, 3.8) is 0 Å². The summed E-state index contributed by atoms with van der Waals surface area (Å²) in [6.45, 7) is 0. The molecule has 124 heavy (non-hydrogen) atoms. The number of benzene rings is 16. The van der Waals surface area contributed by atoms with Crippen LogP contribution in [0.25, 0.3) is 223 Å². The molecule has 0 amide bonds. The van der Waals surface area contributed by atoms with Crippen LogP contribution in [-0.2, 0) is 0 Å². The molecule has 12 nitrogen and oxygen atoms in total. The van der Waals surface area contributed by atoms with Gasteiger partial charge in [-0.3, -0.25) is 0 Å². The molecule has 0 radical (unpaired) electrons. The van der Waals surface area contributed by atoms with Crippen LogP contribution in [0.5, 0.6) is 0 Å². The van der Waals surface area contributed by atoms with Gasteiger partial charge in [-0.2, -0.15) is 10.2 Å². The standard InChI is InChI=1S/2C56H36N6/c1-4-18-37(19-5-1)50-36-40-24-10-11-29-45(40)53-51(38-20-6-2-7-21-38)52(60-62(50)53)41-25-16-26-42(34-41)55-57-54(39-22-8-3-9-23-39)58-56(59-55)43-27-17-28-44(35-43)61-48-32-14-12-30-46(48)47-31-13-15-33-49(47)61;1-4-17-37(18-5-1)50-36-41-23-10-11-26-45(41)53-51(38-19-6-2-7-20-38)52(60-62(50)53)42-24-16-25-43(35-42)56-58-54(39-21-8-3-9-22-39)57-55(59-56)40-31-33-44(34-32-40)61-48-29-14-12-27-46(48)47-28-13-15-30-49(47)61/h2*1-36H. The van der Waals surface area contributed by atoms with E-state index in [0.29, 0.717) is 34.9 Å². The lowest BCUT2D eigenvalue weighted by Gasteiger charge is -2.12. The Hall–Kier alpha value is -17.0. The van der Waals surface area contributed by atoms with Gasteiger partial charge >= 0.3 is 0 Å². The summed E-state index contributed by atoms with van der Waals surface area (Å²) in [7, 11) is 0. The summed E-state index contributed by atoms with van der Waals surface area (Å²) in [5, 5.41) is 20.5. The lowest BCUT2D eigenvalue weighted by molar-refractivity contribution is 0.979. The van der Waals surface area contributed by atoms with Crippen molar-refractivity contribution in [2.75, 3.05) is 0 Å². The van der Waals surface area contributed by atoms with Gasteiger partial charge in [0.15, 0.2) is 34.9 Å². The van der Waals surface area contributed by atoms with Crippen LogP contribution in [0.2, 0.25) is 0 Å². The third-order valence-electron chi connectivity index (χ3n) is 23.5. The Balaban J connectivity index is 0.000000143. The first-order valence-electron chi connectivity index (χ1n) is 41.6. The van der Waals surface area contributed by atoms with Crippen LogP contribution >= 0.6 is 0 Å². The van der Waals surface area contributed by atoms with Crippen molar-refractivity contribution < 1.29 is 0 Å². The average Bonchev–Trinajstić information content (AvgIpc) is 1.58. The van der Waals surface area contributed by atoms with E-state index < -0.39 is 0 Å². The fourth-order valence-corrected chi connectivity index (χ4v) is 17.8. The Morgan fingerprint density at radius 2 is 0.435 bits per heavy atom. The molecule has 0 saturated heterocycles. The normalized spacial score (nSPS) is 11.5. The number of hydrogen-bond donors (Lipinski definition) is 0. The molecule has 8 aromatic heterocycles. The smallest absolute Gasteiger partial charge is 0.164 e. The first-order chi connectivity index (χ1) is 61.5. The van der Waals surface area contributed by atoms with Crippen molar-refractivity contribution >= 4 is 76.2 Å². The third kappa shape index (κ3) is 12.9. The maximum Gasteiger partial charge on any atom is 0.164 e. The lowest BCUT2D eigenvalue weighted by atomic mass is 9.96. The molecule has 0 unspecified atom stereocenters. The SMILES string of the molecule is c1ccc(-c2nc(-c3ccc(-n4c5ccccc5c5ccccc54)cc3)nc(-c3cccc(-c4nn5c(-c6ccccc6)cc6ccccc6c5c4-c4ccccc4)c3)n2)cc1.c1ccc(-c2nc(-c3cccc(-c4nn5c(-c6ccccc6)cc6ccccc6c5c4-c4ccccc4)c3)nc(-c3cccc(-n4c5ccccc5c5ccccc54)c3)n2)cc1. The molecule has 12 heteroatoms. The molecule has 0 fully saturated rings. The summed E-state index contributed by atoms with van der Waals surface area (Å²) in [4.78, 5) is 30.9. The van der Waals surface area contributed by atoms with E-state index in [2.05, 4.69) is 394 Å². The zero-order chi connectivity index (χ0) is 82.0. The number of para-hydroxylation sites is 4. The molecule has 0 saturated carbocycles. The van der Waals surface area contributed by atoms with Crippen molar-refractivity contribution in [1.82, 2.24) is 58.3 Å². The van der Waals surface area contributed by atoms with Gasteiger partial charge in [-0.15, -0.1) is 0 Å². The van der Waals surface area contributed by atoms with Crippen molar-refractivity contribution in [3.8, 4) is 147 Å². The molecule has 24 aromatic rings. The average molecular weight is 1590 g/mol. The van der Waals surface area contributed by atoms with Gasteiger partial charge in [-0.1, -0.05) is 352 Å². The minimum atomic E-state index is 0.582. The van der Waals surface area contributed by atoms with Crippen LogP contribution in [-0.4, -0.2) is 58.3 Å². The highest BCUT2D eigenvalue weighted by Gasteiger charge is 2.27. The van der Waals surface area contributed by atoms with Gasteiger partial charge in [0.1, 0.15) is 11.4 Å². The van der Waals surface area contributed by atoms with Crippen LogP contribution in [0.1, 0.15) is 0 Å². The van der Waals surface area contributed by atoms with Crippen LogP contribution in [0.4, 0.5) is 0 Å². The van der Waals surface area contributed by atoms with Crippen LogP contribution in [0, 0.1) is 0 Å². The second-order valence-corrected chi connectivity index (χ2v) is 31.0. The topological polar surface area (TPSA) is 122 Å². The molecule has 0 aliphatic rings. The number of rotatable bonds is 14. The summed E-state index contributed by atoms with van der Waals surface area (Å²) in [6.07, 6.45) is 0. The van der Waals surface area contributed by atoms with Crippen LogP contribution in [0.3, 0.4) is 0 Å². The molecular formula is C112H72N12. The second-order valence-electron chi connectivity index (χ2n) is 31.0. The molecular weight excluding hydrogens is 1510 g/mol. The van der Waals surface area contributed by atoms with Crippen LogP contribution in [0.15, 0.2) is 437 Å². The highest BCUT2D eigenvalue weighted by molar-refractivity contribution is 6.13. The van der Waals surface area contributed by atoms with Crippen molar-refractivity contribution in [1.29, 1.82) is 0 Å². The first-order valence-corrected chi connectivity index (χ1v) is 41.6. The van der Waals surface area contributed by atoms with E-state index in [4.69, 9.17) is 40.1 Å². The quantitative estimate of drug-likeness (QED) is 0.106. The number of hydrogen-bond acceptors (Lipinski definition) is 8. The van der Waals surface area contributed by atoms with Gasteiger partial charge in [0.2, 0.25) is 0 Å². The first kappa shape index (κ1) is 72.3. The molecule has 8 heterocycles. The molecule has 0 aliphatic carbocycles. The molecule has 24 rings (SSSR count). The fourth-order valence-electron chi connectivity index (χ4n) is 17.8. The monoisotopic (exact) mass is 1580 g/mol. The minimum absolute atomic E-state index is 0.582. The van der Waals surface area contributed by atoms with E-state index in [0.717, 1.165) is 156 Å². The van der Waals surface area contributed by atoms with Gasteiger partial charge in [-0.05, 0) is 107 Å². The minimum Gasteiger partial charge on any atom is -0.309 e. The molecule has 0 aliphatic heterocycles. The zero-order valence-corrected chi connectivity index (χ0v) is 66.9. The summed E-state index contributed by atoms with van der Waals surface area (Å²) in [5.41, 5.74) is 26.5. The second kappa shape index (κ2) is 30.8. The molecule has 0 N–H and O–H groups in total. The molecule has 16 aromatic carbocycles. The predicted molar refractivity (Wildman–Crippen MR) is 506 cm³/mol. The summed E-state index contributed by atoms with van der Waals surface area (Å²) < 4.78 is 8.90. The Labute approximate surface area is 713 Å². The number of fused-ring (bicyclic) bond motifs is 12. The maximum absolute atomic E-state index is 5.49. The van der Waals surface area contributed by atoms with E-state index in [1.54, 1.807) is 0 Å². The van der Waals surface area contributed by atoms with Crippen LogP contribution < -0.4 is 0 Å². The molecule has 580 valence electrons. The van der Waals surface area contributed by atoms with E-state index in [1.807, 2.05) is 60.7 Å². The predicted octanol–water partition coefficient (Wildman–Crippen LogP) is 27.5.